The van der Waals surface area contributed by atoms with Gasteiger partial charge in [0.05, 0.1) is 5.69 Å². The van der Waals surface area contributed by atoms with Gasteiger partial charge in [0, 0.05) is 25.0 Å². The quantitative estimate of drug-likeness (QED) is 0.717. The third kappa shape index (κ3) is 4.23. The van der Waals surface area contributed by atoms with Crippen molar-refractivity contribution in [3.8, 4) is 5.75 Å². The van der Waals surface area contributed by atoms with Crippen LogP contribution in [0.1, 0.15) is 17.7 Å². The summed E-state index contributed by atoms with van der Waals surface area (Å²) in [7, 11) is 0. The minimum absolute atomic E-state index is 0.194. The van der Waals surface area contributed by atoms with E-state index in [1.165, 1.54) is 17.7 Å². The van der Waals surface area contributed by atoms with Gasteiger partial charge in [-0.1, -0.05) is 42.5 Å². The number of allylic oxidation sites excluding steroid dienone is 1. The van der Waals surface area contributed by atoms with Gasteiger partial charge in [-0.2, -0.15) is 0 Å². The number of aromatic nitrogens is 1. The largest absolute Gasteiger partial charge is 0.506 e. The van der Waals surface area contributed by atoms with Crippen LogP contribution in [0, 0.1) is 5.82 Å². The second-order valence-corrected chi connectivity index (χ2v) is 6.81. The van der Waals surface area contributed by atoms with E-state index in [0.29, 0.717) is 5.52 Å². The number of phenols is 1. The first kappa shape index (κ1) is 17.4. The number of hydrogen-bond acceptors (Lipinski definition) is 3. The van der Waals surface area contributed by atoms with Gasteiger partial charge in [-0.05, 0) is 47.9 Å². The van der Waals surface area contributed by atoms with Crippen molar-refractivity contribution in [1.82, 2.24) is 9.88 Å². The summed E-state index contributed by atoms with van der Waals surface area (Å²) in [6, 6.07) is 16.1. The molecule has 2 aromatic carbocycles. The van der Waals surface area contributed by atoms with E-state index in [9.17, 15) is 9.50 Å². The lowest BCUT2D eigenvalue weighted by molar-refractivity contribution is 0.287. The zero-order chi connectivity index (χ0) is 18.6. The Morgan fingerprint density at radius 2 is 1.89 bits per heavy atom. The minimum atomic E-state index is -0.194. The summed E-state index contributed by atoms with van der Waals surface area (Å²) < 4.78 is 13.0. The van der Waals surface area contributed by atoms with E-state index in [1.807, 2.05) is 42.5 Å². The number of benzene rings is 2. The maximum atomic E-state index is 13.0. The van der Waals surface area contributed by atoms with Gasteiger partial charge in [0.25, 0.3) is 0 Å². The Hall–Kier alpha value is -2.98. The third-order valence-corrected chi connectivity index (χ3v) is 4.84. The highest BCUT2D eigenvalue weighted by atomic mass is 19.1. The van der Waals surface area contributed by atoms with Crippen molar-refractivity contribution in [3.63, 3.8) is 0 Å². The fraction of sp³-hybridized carbons (Fsp3) is 0.174. The highest BCUT2D eigenvalue weighted by Crippen LogP contribution is 2.23. The molecule has 4 heteroatoms. The predicted molar refractivity (Wildman–Crippen MR) is 107 cm³/mol. The fourth-order valence-electron chi connectivity index (χ4n) is 3.30. The number of pyridine rings is 1. The second-order valence-electron chi connectivity index (χ2n) is 6.81. The van der Waals surface area contributed by atoms with Crippen molar-refractivity contribution >= 4 is 17.0 Å². The van der Waals surface area contributed by atoms with Crippen LogP contribution in [0.2, 0.25) is 0 Å². The lowest BCUT2D eigenvalue weighted by Crippen LogP contribution is -2.28. The van der Waals surface area contributed by atoms with Crippen molar-refractivity contribution in [2.75, 3.05) is 13.1 Å². The Morgan fingerprint density at radius 1 is 1.04 bits per heavy atom. The van der Waals surface area contributed by atoms with Gasteiger partial charge in [-0.25, -0.2) is 9.37 Å². The maximum absolute atomic E-state index is 13.0. The number of para-hydroxylation sites is 1. The zero-order valence-electron chi connectivity index (χ0n) is 15.0. The van der Waals surface area contributed by atoms with E-state index in [0.717, 1.165) is 42.7 Å². The van der Waals surface area contributed by atoms with Gasteiger partial charge in [-0.3, -0.25) is 4.90 Å². The van der Waals surface area contributed by atoms with E-state index < -0.39 is 0 Å². The van der Waals surface area contributed by atoms with Crippen LogP contribution in [-0.2, 0) is 6.54 Å². The molecule has 0 radical (unpaired) electrons. The zero-order valence-corrected chi connectivity index (χ0v) is 15.0. The first-order chi connectivity index (χ1) is 13.2. The molecule has 3 aromatic rings. The molecule has 2 heterocycles. The van der Waals surface area contributed by atoms with Crippen LogP contribution >= 0.6 is 0 Å². The van der Waals surface area contributed by atoms with E-state index in [-0.39, 0.29) is 11.6 Å². The molecule has 4 rings (SSSR count). The number of nitrogens with zero attached hydrogens (tertiary/aromatic N) is 2. The summed E-state index contributed by atoms with van der Waals surface area (Å²) in [5.41, 5.74) is 3.87. The first-order valence-corrected chi connectivity index (χ1v) is 9.10. The molecule has 1 N–H and O–H groups in total. The van der Waals surface area contributed by atoms with Gasteiger partial charge in [0.2, 0.25) is 0 Å². The van der Waals surface area contributed by atoms with Crippen molar-refractivity contribution in [3.05, 3.63) is 89.4 Å². The summed E-state index contributed by atoms with van der Waals surface area (Å²) in [5.74, 6) is 0.0106. The van der Waals surface area contributed by atoms with Gasteiger partial charge in [0.1, 0.15) is 17.1 Å². The van der Waals surface area contributed by atoms with Crippen LogP contribution in [0.25, 0.3) is 17.0 Å². The average Bonchev–Trinajstić information content (AvgIpc) is 2.70. The van der Waals surface area contributed by atoms with Crippen LogP contribution in [0.5, 0.6) is 5.75 Å². The van der Waals surface area contributed by atoms with Crippen molar-refractivity contribution in [2.24, 2.45) is 0 Å². The Morgan fingerprint density at radius 3 is 2.67 bits per heavy atom. The Labute approximate surface area is 158 Å². The number of aromatic hydroxyl groups is 1. The monoisotopic (exact) mass is 360 g/mol. The van der Waals surface area contributed by atoms with Gasteiger partial charge in [-0.15, -0.1) is 0 Å². The Balaban J connectivity index is 1.41. The maximum Gasteiger partial charge on any atom is 0.141 e. The van der Waals surface area contributed by atoms with Gasteiger partial charge >= 0.3 is 0 Å². The first-order valence-electron chi connectivity index (χ1n) is 9.10. The molecule has 1 aromatic heterocycles. The number of phenolic OH excluding ortho intramolecular Hbond substituents is 1. The molecule has 136 valence electrons. The van der Waals surface area contributed by atoms with E-state index in [2.05, 4.69) is 22.0 Å². The van der Waals surface area contributed by atoms with E-state index in [4.69, 9.17) is 0 Å². The summed E-state index contributed by atoms with van der Waals surface area (Å²) in [6.45, 7) is 2.68. The Bertz CT molecular complexity index is 1010. The molecule has 0 saturated heterocycles. The second kappa shape index (κ2) is 7.72. The molecule has 0 spiro atoms. The molecular formula is C23H21FN2O. The smallest absolute Gasteiger partial charge is 0.141 e. The Kier molecular flexibility index (Phi) is 4.99. The standard InChI is InChI=1S/C23H21FN2O/c24-20-8-4-18(5-9-20)16-26-14-12-17(13-15-26)6-10-21-11-7-19-2-1-3-22(27)23(19)25-21/h1-12,27H,13-16H2. The van der Waals surface area contributed by atoms with Crippen molar-refractivity contribution in [2.45, 2.75) is 13.0 Å². The molecule has 0 amide bonds. The molecule has 1 aliphatic heterocycles. The van der Waals surface area contributed by atoms with E-state index in [1.54, 1.807) is 6.07 Å². The molecule has 0 saturated carbocycles. The summed E-state index contributed by atoms with van der Waals surface area (Å²) >= 11 is 0. The SMILES string of the molecule is Oc1cccc2ccc(C=CC3=CCN(Cc4ccc(F)cc4)CC3)nc12. The lowest BCUT2D eigenvalue weighted by Gasteiger charge is -2.25. The molecule has 0 atom stereocenters. The molecule has 27 heavy (non-hydrogen) atoms. The number of hydrogen-bond donors (Lipinski definition) is 1. The number of halogens is 1. The van der Waals surface area contributed by atoms with Crippen LogP contribution in [0.4, 0.5) is 4.39 Å². The van der Waals surface area contributed by atoms with Crippen LogP contribution in [-0.4, -0.2) is 28.1 Å². The van der Waals surface area contributed by atoms with Gasteiger partial charge < -0.3 is 5.11 Å². The minimum Gasteiger partial charge on any atom is -0.506 e. The summed E-state index contributed by atoms with van der Waals surface area (Å²) in [6.07, 6.45) is 7.29. The topological polar surface area (TPSA) is 36.4 Å². The van der Waals surface area contributed by atoms with Crippen molar-refractivity contribution < 1.29 is 9.50 Å². The molecule has 0 aliphatic carbocycles. The van der Waals surface area contributed by atoms with Crippen LogP contribution in [0.15, 0.2) is 72.3 Å². The number of rotatable bonds is 4. The fourth-order valence-corrected chi connectivity index (χ4v) is 3.30. The van der Waals surface area contributed by atoms with Crippen LogP contribution in [0.3, 0.4) is 0 Å². The summed E-state index contributed by atoms with van der Waals surface area (Å²) in [4.78, 5) is 6.88. The highest BCUT2D eigenvalue weighted by molar-refractivity contribution is 5.85. The molecule has 3 nitrogen and oxygen atoms in total. The van der Waals surface area contributed by atoms with Crippen LogP contribution < -0.4 is 0 Å². The summed E-state index contributed by atoms with van der Waals surface area (Å²) in [5, 5.41) is 10.9. The molecule has 0 bridgehead atoms. The molecule has 1 aliphatic rings. The lowest BCUT2D eigenvalue weighted by atomic mass is 10.1. The van der Waals surface area contributed by atoms with Crippen molar-refractivity contribution in [1.29, 1.82) is 0 Å². The predicted octanol–water partition coefficient (Wildman–Crippen LogP) is 4.93. The molecular weight excluding hydrogens is 339 g/mol. The third-order valence-electron chi connectivity index (χ3n) is 4.84. The molecule has 0 unspecified atom stereocenters. The van der Waals surface area contributed by atoms with E-state index >= 15 is 0 Å². The number of fused-ring (bicyclic) bond motifs is 1. The van der Waals surface area contributed by atoms with Gasteiger partial charge in [0.15, 0.2) is 0 Å². The average molecular weight is 360 g/mol. The molecule has 0 fully saturated rings. The highest BCUT2D eigenvalue weighted by Gasteiger charge is 2.11. The normalized spacial score (nSPS) is 15.4.